The summed E-state index contributed by atoms with van der Waals surface area (Å²) in [6.07, 6.45) is 1.68. The summed E-state index contributed by atoms with van der Waals surface area (Å²) in [6, 6.07) is 50.6. The molecule has 5 aromatic carbocycles. The number of pyridine rings is 1. The van der Waals surface area contributed by atoms with Crippen LogP contribution in [-0.4, -0.2) is 24.2 Å². The fraction of sp³-hybridized carbons (Fsp3) is 0.146. The van der Waals surface area contributed by atoms with Crippen LogP contribution >= 0.6 is 0 Å². The Hall–Kier alpha value is -5.63. The van der Waals surface area contributed by atoms with E-state index in [0.29, 0.717) is 18.9 Å². The van der Waals surface area contributed by atoms with Gasteiger partial charge in [0, 0.05) is 30.9 Å². The summed E-state index contributed by atoms with van der Waals surface area (Å²) in [5.74, 6) is 2.11. The molecule has 0 spiro atoms. The highest BCUT2D eigenvalue weighted by molar-refractivity contribution is 5.69. The third-order valence-corrected chi connectivity index (χ3v) is 9.07. The number of nitrogens with one attached hydrogen (secondary N) is 1. The van der Waals surface area contributed by atoms with Crippen molar-refractivity contribution in [2.75, 3.05) is 25.0 Å². The zero-order valence-electron chi connectivity index (χ0n) is 27.2. The second-order valence-corrected chi connectivity index (χ2v) is 11.9. The quantitative estimate of drug-likeness (QED) is 0.142. The first kappa shape index (κ1) is 31.0. The number of benzene rings is 5. The first-order valence-electron chi connectivity index (χ1n) is 16.1. The maximum absolute atomic E-state index is 6.52. The molecule has 6 aromatic rings. The maximum Gasteiger partial charge on any atom is 0.131 e. The van der Waals surface area contributed by atoms with Crippen LogP contribution in [0.15, 0.2) is 152 Å². The number of hydrogen-bond donors (Lipinski definition) is 2. The van der Waals surface area contributed by atoms with Gasteiger partial charge in [-0.25, -0.2) is 4.98 Å². The number of aromatic nitrogens is 1. The van der Waals surface area contributed by atoms with Gasteiger partial charge in [-0.1, -0.05) is 115 Å². The highest BCUT2D eigenvalue weighted by atomic mass is 16.5. The number of nitrogens with two attached hydrogens (primary N) is 1. The van der Waals surface area contributed by atoms with Gasteiger partial charge in [0.25, 0.3) is 0 Å². The Morgan fingerprint density at radius 1 is 0.667 bits per heavy atom. The van der Waals surface area contributed by atoms with Crippen molar-refractivity contribution in [3.63, 3.8) is 0 Å². The second-order valence-electron chi connectivity index (χ2n) is 11.9. The molecule has 0 saturated heterocycles. The predicted molar refractivity (Wildman–Crippen MR) is 191 cm³/mol. The lowest BCUT2D eigenvalue weighted by Gasteiger charge is -2.49. The zero-order chi connectivity index (χ0) is 32.9. The van der Waals surface area contributed by atoms with Gasteiger partial charge in [0.1, 0.15) is 29.0 Å². The van der Waals surface area contributed by atoms with Crippen molar-refractivity contribution >= 4 is 11.5 Å². The van der Waals surface area contributed by atoms with E-state index in [2.05, 4.69) is 136 Å². The molecular formula is C41H39N5O2. The van der Waals surface area contributed by atoms with Gasteiger partial charge in [-0.15, -0.1) is 0 Å². The molecule has 7 rings (SSSR count). The number of hydrogen-bond acceptors (Lipinski definition) is 7. The molecule has 1 unspecified atom stereocenters. The van der Waals surface area contributed by atoms with E-state index in [-0.39, 0.29) is 6.17 Å². The Morgan fingerprint density at radius 3 is 1.62 bits per heavy atom. The van der Waals surface area contributed by atoms with Crippen molar-refractivity contribution in [2.24, 2.45) is 0 Å². The molecule has 1 aliphatic rings. The summed E-state index contributed by atoms with van der Waals surface area (Å²) in [5.41, 5.74) is 13.4. The first-order valence-corrected chi connectivity index (χ1v) is 16.1. The van der Waals surface area contributed by atoms with Gasteiger partial charge in [0.05, 0.1) is 19.9 Å². The highest BCUT2D eigenvalue weighted by Crippen LogP contribution is 2.52. The van der Waals surface area contributed by atoms with E-state index in [9.17, 15) is 0 Å². The summed E-state index contributed by atoms with van der Waals surface area (Å²) >= 11 is 0. The van der Waals surface area contributed by atoms with Crippen molar-refractivity contribution < 1.29 is 9.47 Å². The van der Waals surface area contributed by atoms with Gasteiger partial charge in [-0.2, -0.15) is 5.01 Å². The van der Waals surface area contributed by atoms with Crippen molar-refractivity contribution in [2.45, 2.75) is 24.8 Å². The lowest BCUT2D eigenvalue weighted by atomic mass is 9.76. The molecular weight excluding hydrogens is 594 g/mol. The van der Waals surface area contributed by atoms with Crippen LogP contribution in [0.5, 0.6) is 11.5 Å². The van der Waals surface area contributed by atoms with Crippen LogP contribution in [0.3, 0.4) is 0 Å². The Bertz CT molecular complexity index is 1840. The smallest absolute Gasteiger partial charge is 0.131 e. The molecule has 48 heavy (non-hydrogen) atoms. The molecule has 0 saturated carbocycles. The van der Waals surface area contributed by atoms with Crippen molar-refractivity contribution in [3.8, 4) is 11.5 Å². The fourth-order valence-corrected chi connectivity index (χ4v) is 6.81. The molecule has 1 aliphatic heterocycles. The summed E-state index contributed by atoms with van der Waals surface area (Å²) in [4.78, 5) is 4.63. The minimum atomic E-state index is -0.782. The van der Waals surface area contributed by atoms with Crippen LogP contribution in [0, 0.1) is 0 Å². The average molecular weight is 634 g/mol. The molecule has 1 atom stereocenters. The molecule has 1 aromatic heterocycles. The topological polar surface area (TPSA) is 75.9 Å². The van der Waals surface area contributed by atoms with Crippen molar-refractivity contribution in [1.82, 2.24) is 15.3 Å². The zero-order valence-corrected chi connectivity index (χ0v) is 27.2. The van der Waals surface area contributed by atoms with Crippen LogP contribution in [0.4, 0.5) is 11.5 Å². The molecule has 7 nitrogen and oxygen atoms in total. The highest BCUT2D eigenvalue weighted by Gasteiger charge is 2.51. The standard InChI is InChI=1S/C41H39N5O2/c1-47-35-22-18-30(19-23-35)27-44-40-37-28-43-39(42)26-38(37)46(45(40)29-31-20-24-36(48-2)25-21-31)41(32-12-6-3-7-13-32,33-14-8-4-9-15-33)34-16-10-5-11-17-34/h3-26,28,40,44H,27,29H2,1-2H3,(H2,42,43). The Labute approximate surface area is 282 Å². The van der Waals surface area contributed by atoms with Crippen LogP contribution in [0.1, 0.15) is 39.5 Å². The molecule has 0 fully saturated rings. The van der Waals surface area contributed by atoms with Gasteiger partial charge in [-0.05, 0) is 52.1 Å². The summed E-state index contributed by atoms with van der Waals surface area (Å²) in [6.45, 7) is 1.22. The summed E-state index contributed by atoms with van der Waals surface area (Å²) in [5, 5.41) is 8.76. The van der Waals surface area contributed by atoms with Crippen LogP contribution in [0.2, 0.25) is 0 Å². The lowest BCUT2D eigenvalue weighted by Crippen LogP contribution is -2.56. The van der Waals surface area contributed by atoms with E-state index in [1.807, 2.05) is 36.5 Å². The van der Waals surface area contributed by atoms with Crippen LogP contribution in [0.25, 0.3) is 0 Å². The first-order chi connectivity index (χ1) is 23.6. The maximum atomic E-state index is 6.52. The predicted octanol–water partition coefficient (Wildman–Crippen LogP) is 7.70. The minimum Gasteiger partial charge on any atom is -0.497 e. The van der Waals surface area contributed by atoms with Crippen LogP contribution < -0.4 is 25.5 Å². The van der Waals surface area contributed by atoms with Gasteiger partial charge in [-0.3, -0.25) is 10.3 Å². The lowest BCUT2D eigenvalue weighted by molar-refractivity contribution is 0.132. The third kappa shape index (κ3) is 5.74. The Balaban J connectivity index is 1.47. The average Bonchev–Trinajstić information content (AvgIpc) is 3.44. The van der Waals surface area contributed by atoms with E-state index in [1.54, 1.807) is 14.2 Å². The second kappa shape index (κ2) is 13.6. The number of ether oxygens (including phenoxy) is 2. The van der Waals surface area contributed by atoms with Crippen molar-refractivity contribution in [3.05, 3.63) is 185 Å². The molecule has 0 amide bonds. The third-order valence-electron chi connectivity index (χ3n) is 9.07. The summed E-state index contributed by atoms with van der Waals surface area (Å²) < 4.78 is 10.9. The van der Waals surface area contributed by atoms with E-state index in [0.717, 1.165) is 50.6 Å². The fourth-order valence-electron chi connectivity index (χ4n) is 6.81. The molecule has 0 bridgehead atoms. The number of methoxy groups -OCH3 is 2. The van der Waals surface area contributed by atoms with Crippen LogP contribution in [-0.2, 0) is 18.6 Å². The van der Waals surface area contributed by atoms with E-state index in [4.69, 9.17) is 15.2 Å². The molecule has 0 aliphatic carbocycles. The number of fused-ring (bicyclic) bond motifs is 1. The van der Waals surface area contributed by atoms with E-state index >= 15 is 0 Å². The normalized spacial score (nSPS) is 14.5. The van der Waals surface area contributed by atoms with Gasteiger partial charge in [0.2, 0.25) is 0 Å². The Morgan fingerprint density at radius 2 is 1.15 bits per heavy atom. The summed E-state index contributed by atoms with van der Waals surface area (Å²) in [7, 11) is 3.38. The number of nitrogen functional groups attached to an aromatic ring is 1. The Kier molecular flexibility index (Phi) is 8.79. The molecule has 240 valence electrons. The SMILES string of the molecule is COc1ccc(CNC2c3cnc(N)cc3N(C(c3ccccc3)(c3ccccc3)c3ccccc3)N2Cc2ccc(OC)cc2)cc1. The number of nitrogens with zero attached hydrogens (tertiary/aromatic N) is 3. The number of hydrazine groups is 1. The molecule has 3 N–H and O–H groups in total. The molecule has 2 heterocycles. The largest absolute Gasteiger partial charge is 0.497 e. The van der Waals surface area contributed by atoms with Gasteiger partial charge >= 0.3 is 0 Å². The van der Waals surface area contributed by atoms with Crippen molar-refractivity contribution in [1.29, 1.82) is 0 Å². The van der Waals surface area contributed by atoms with E-state index < -0.39 is 5.54 Å². The number of rotatable bonds is 11. The van der Waals surface area contributed by atoms with Gasteiger partial charge < -0.3 is 15.2 Å². The van der Waals surface area contributed by atoms with E-state index in [1.165, 1.54) is 0 Å². The van der Waals surface area contributed by atoms with Gasteiger partial charge in [0.15, 0.2) is 0 Å². The molecule has 0 radical (unpaired) electrons. The number of anilines is 2. The monoisotopic (exact) mass is 633 g/mol. The molecule has 7 heteroatoms. The minimum absolute atomic E-state index is 0.243.